The van der Waals surface area contributed by atoms with Gasteiger partial charge in [0.2, 0.25) is 0 Å². The molecule has 3 rings (SSSR count). The number of fused-ring (bicyclic) bond motifs is 1. The summed E-state index contributed by atoms with van der Waals surface area (Å²) in [5.74, 6) is -0.207. The molecule has 1 heterocycles. The van der Waals surface area contributed by atoms with Crippen LogP contribution >= 0.6 is 0 Å². The summed E-state index contributed by atoms with van der Waals surface area (Å²) in [4.78, 5) is 30.6. The van der Waals surface area contributed by atoms with Gasteiger partial charge in [-0.3, -0.25) is 14.6 Å². The van der Waals surface area contributed by atoms with E-state index >= 15 is 0 Å². The van der Waals surface area contributed by atoms with Crippen LogP contribution < -0.4 is 9.64 Å². The number of rotatable bonds is 4. The molecule has 5 nitrogen and oxygen atoms in total. The normalized spacial score (nSPS) is 13.7. The summed E-state index contributed by atoms with van der Waals surface area (Å²) in [5, 5.41) is 0. The van der Waals surface area contributed by atoms with E-state index in [1.807, 2.05) is 13.8 Å². The molecule has 0 aliphatic carbocycles. The van der Waals surface area contributed by atoms with Crippen LogP contribution in [0, 0.1) is 0 Å². The third-order valence-corrected chi connectivity index (χ3v) is 3.56. The first-order valence-electron chi connectivity index (χ1n) is 7.40. The van der Waals surface area contributed by atoms with Crippen LogP contribution in [0.3, 0.4) is 0 Å². The van der Waals surface area contributed by atoms with Gasteiger partial charge in [-0.2, -0.15) is 0 Å². The number of amides is 2. The largest absolute Gasteiger partial charge is 0.492 e. The fourth-order valence-electron chi connectivity index (χ4n) is 2.60. The minimum Gasteiger partial charge on any atom is -0.492 e. The van der Waals surface area contributed by atoms with Gasteiger partial charge in [-0.15, -0.1) is 0 Å². The number of imide groups is 1. The van der Waals surface area contributed by atoms with Crippen LogP contribution in [0.15, 0.2) is 47.5 Å². The van der Waals surface area contributed by atoms with Crippen molar-refractivity contribution in [2.24, 2.45) is 4.99 Å². The third-order valence-electron chi connectivity index (χ3n) is 3.56. The highest BCUT2D eigenvalue weighted by atomic mass is 16.5. The molecule has 2 aromatic carbocycles. The molecule has 0 bridgehead atoms. The Balaban J connectivity index is 2.09. The summed E-state index contributed by atoms with van der Waals surface area (Å²) >= 11 is 0. The minimum atomic E-state index is -0.335. The number of anilines is 1. The number of ether oxygens (including phenoxy) is 1. The Morgan fingerprint density at radius 1 is 1.09 bits per heavy atom. The Labute approximate surface area is 134 Å². The molecular formula is C18H16N2O3. The molecule has 5 heteroatoms. The topological polar surface area (TPSA) is 59.0 Å². The zero-order chi connectivity index (χ0) is 16.4. The summed E-state index contributed by atoms with van der Waals surface area (Å²) in [7, 11) is 0. The Hall–Kier alpha value is -2.95. The number of hydrogen-bond acceptors (Lipinski definition) is 4. The smallest absolute Gasteiger partial charge is 0.266 e. The van der Waals surface area contributed by atoms with Crippen molar-refractivity contribution >= 4 is 29.4 Å². The average molecular weight is 308 g/mol. The van der Waals surface area contributed by atoms with Crippen LogP contribution in [0.4, 0.5) is 11.4 Å². The van der Waals surface area contributed by atoms with Crippen molar-refractivity contribution in [1.29, 1.82) is 0 Å². The predicted octanol–water partition coefficient (Wildman–Crippen LogP) is 3.61. The molecule has 0 atom stereocenters. The molecule has 2 amide bonds. The fourth-order valence-corrected chi connectivity index (χ4v) is 2.60. The fraction of sp³-hybridized carbons (Fsp3) is 0.167. The van der Waals surface area contributed by atoms with Gasteiger partial charge in [0, 0.05) is 12.3 Å². The van der Waals surface area contributed by atoms with E-state index in [2.05, 4.69) is 4.99 Å². The highest BCUT2D eigenvalue weighted by Gasteiger charge is 2.37. The molecule has 0 spiro atoms. The van der Waals surface area contributed by atoms with Crippen molar-refractivity contribution < 1.29 is 14.3 Å². The number of carbonyl (C=O) groups excluding carboxylic acids is 2. The van der Waals surface area contributed by atoms with E-state index in [-0.39, 0.29) is 11.8 Å². The number of benzene rings is 2. The molecule has 0 saturated heterocycles. The predicted molar refractivity (Wildman–Crippen MR) is 89.0 cm³/mol. The first kappa shape index (κ1) is 15.0. The van der Waals surface area contributed by atoms with E-state index < -0.39 is 0 Å². The van der Waals surface area contributed by atoms with Crippen molar-refractivity contribution in [3.63, 3.8) is 0 Å². The molecule has 23 heavy (non-hydrogen) atoms. The van der Waals surface area contributed by atoms with Crippen LogP contribution in [-0.2, 0) is 0 Å². The maximum atomic E-state index is 12.6. The first-order chi connectivity index (χ1) is 11.2. The molecule has 1 aliphatic rings. The molecular weight excluding hydrogens is 292 g/mol. The second-order valence-corrected chi connectivity index (χ2v) is 4.96. The highest BCUT2D eigenvalue weighted by molar-refractivity contribution is 6.34. The zero-order valence-electron chi connectivity index (χ0n) is 12.9. The van der Waals surface area contributed by atoms with Gasteiger partial charge < -0.3 is 4.74 Å². The number of aliphatic imine (C=N–C) groups is 1. The Bertz CT molecular complexity index is 777. The molecule has 0 saturated carbocycles. The summed E-state index contributed by atoms with van der Waals surface area (Å²) < 4.78 is 5.61. The molecule has 2 aromatic rings. The maximum Gasteiger partial charge on any atom is 0.266 e. The van der Waals surface area contributed by atoms with Gasteiger partial charge in [0.1, 0.15) is 5.75 Å². The van der Waals surface area contributed by atoms with Crippen LogP contribution in [-0.4, -0.2) is 24.6 Å². The lowest BCUT2D eigenvalue weighted by atomic mass is 10.1. The summed E-state index contributed by atoms with van der Waals surface area (Å²) in [6.45, 7) is 4.09. The van der Waals surface area contributed by atoms with E-state index in [0.29, 0.717) is 34.9 Å². The number of nitrogens with zero attached hydrogens (tertiary/aromatic N) is 2. The van der Waals surface area contributed by atoms with Gasteiger partial charge in [0.15, 0.2) is 0 Å². The van der Waals surface area contributed by atoms with E-state index in [9.17, 15) is 9.59 Å². The summed E-state index contributed by atoms with van der Waals surface area (Å²) in [5.41, 5.74) is 1.97. The van der Waals surface area contributed by atoms with Crippen molar-refractivity contribution in [2.75, 3.05) is 11.5 Å². The summed E-state index contributed by atoms with van der Waals surface area (Å²) in [6, 6.07) is 12.0. The number of hydrogen-bond donors (Lipinski definition) is 0. The SMILES string of the molecule is CC=Nc1ccc(N2C(=O)c3ccccc3C2=O)c(OCC)c1. The molecule has 116 valence electrons. The van der Waals surface area contributed by atoms with E-state index in [4.69, 9.17) is 4.74 Å². The van der Waals surface area contributed by atoms with Crippen molar-refractivity contribution in [1.82, 2.24) is 0 Å². The molecule has 1 aliphatic heterocycles. The van der Waals surface area contributed by atoms with Gasteiger partial charge in [-0.25, -0.2) is 4.90 Å². The highest BCUT2D eigenvalue weighted by Crippen LogP contribution is 2.37. The molecule has 0 unspecified atom stereocenters. The third kappa shape index (κ3) is 2.50. The van der Waals surface area contributed by atoms with Crippen molar-refractivity contribution in [3.05, 3.63) is 53.6 Å². The van der Waals surface area contributed by atoms with E-state index in [1.165, 1.54) is 0 Å². The Morgan fingerprint density at radius 3 is 2.30 bits per heavy atom. The Kier molecular flexibility index (Phi) is 3.93. The second-order valence-electron chi connectivity index (χ2n) is 4.96. The van der Waals surface area contributed by atoms with Gasteiger partial charge in [-0.05, 0) is 38.1 Å². The van der Waals surface area contributed by atoms with Gasteiger partial charge in [0.05, 0.1) is 29.1 Å². The molecule has 0 N–H and O–H groups in total. The van der Waals surface area contributed by atoms with Crippen molar-refractivity contribution in [3.8, 4) is 5.75 Å². The Morgan fingerprint density at radius 2 is 1.74 bits per heavy atom. The van der Waals surface area contributed by atoms with Gasteiger partial charge in [0.25, 0.3) is 11.8 Å². The van der Waals surface area contributed by atoms with Crippen LogP contribution in [0.1, 0.15) is 34.6 Å². The first-order valence-corrected chi connectivity index (χ1v) is 7.40. The quantitative estimate of drug-likeness (QED) is 0.640. The molecule has 0 radical (unpaired) electrons. The van der Waals surface area contributed by atoms with Crippen LogP contribution in [0.25, 0.3) is 0 Å². The van der Waals surface area contributed by atoms with Crippen LogP contribution in [0.5, 0.6) is 5.75 Å². The van der Waals surface area contributed by atoms with Gasteiger partial charge in [-0.1, -0.05) is 12.1 Å². The number of carbonyl (C=O) groups is 2. The van der Waals surface area contributed by atoms with Crippen molar-refractivity contribution in [2.45, 2.75) is 13.8 Å². The van der Waals surface area contributed by atoms with Gasteiger partial charge >= 0.3 is 0 Å². The summed E-state index contributed by atoms with van der Waals surface area (Å²) in [6.07, 6.45) is 1.67. The second kappa shape index (κ2) is 6.04. The zero-order valence-corrected chi connectivity index (χ0v) is 12.9. The van der Waals surface area contributed by atoms with E-state index in [1.54, 1.807) is 48.7 Å². The average Bonchev–Trinajstić information content (AvgIpc) is 2.81. The monoisotopic (exact) mass is 308 g/mol. The lowest BCUT2D eigenvalue weighted by Gasteiger charge is -2.18. The standard InChI is InChI=1S/C18H16N2O3/c1-3-19-12-9-10-15(16(11-12)23-4-2)20-17(21)13-7-5-6-8-14(13)18(20)22/h3,5-11H,4H2,1-2H3. The minimum absolute atomic E-state index is 0.335. The molecule has 0 aromatic heterocycles. The molecule has 0 fully saturated rings. The van der Waals surface area contributed by atoms with Crippen LogP contribution in [0.2, 0.25) is 0 Å². The lowest BCUT2D eigenvalue weighted by Crippen LogP contribution is -2.29. The maximum absolute atomic E-state index is 12.6. The lowest BCUT2D eigenvalue weighted by molar-refractivity contribution is 0.0925. The van der Waals surface area contributed by atoms with E-state index in [0.717, 1.165) is 4.90 Å².